The van der Waals surface area contributed by atoms with E-state index in [0.29, 0.717) is 29.1 Å². The van der Waals surface area contributed by atoms with E-state index < -0.39 is 0 Å². The molecule has 4 heterocycles. The van der Waals surface area contributed by atoms with Crippen molar-refractivity contribution < 1.29 is 8.83 Å². The molecule has 1 aromatic carbocycles. The van der Waals surface area contributed by atoms with Crippen molar-refractivity contribution in [1.82, 2.24) is 25.0 Å². The number of furan rings is 1. The van der Waals surface area contributed by atoms with Crippen LogP contribution in [0.3, 0.4) is 0 Å². The number of thioether (sulfide) groups is 1. The molecule has 0 aliphatic heterocycles. The molecule has 0 N–H and O–H groups in total. The minimum atomic E-state index is 0.487. The van der Waals surface area contributed by atoms with Crippen LogP contribution in [0.4, 0.5) is 0 Å². The van der Waals surface area contributed by atoms with Gasteiger partial charge < -0.3 is 8.83 Å². The van der Waals surface area contributed by atoms with Crippen molar-refractivity contribution in [3.05, 3.63) is 71.1 Å². The Morgan fingerprint density at radius 3 is 2.65 bits per heavy atom. The van der Waals surface area contributed by atoms with Gasteiger partial charge in [0.2, 0.25) is 11.7 Å². The molecule has 7 nitrogen and oxygen atoms in total. The van der Waals surface area contributed by atoms with E-state index in [1.54, 1.807) is 17.6 Å². The summed E-state index contributed by atoms with van der Waals surface area (Å²) in [6.45, 7) is 4.26. The lowest BCUT2D eigenvalue weighted by molar-refractivity contribution is 0.529. The molecule has 5 aromatic rings. The molecule has 0 aliphatic rings. The highest BCUT2D eigenvalue weighted by molar-refractivity contribution is 7.98. The zero-order valence-corrected chi connectivity index (χ0v) is 18.6. The maximum atomic E-state index is 5.92. The number of hydrogen-bond donors (Lipinski definition) is 0. The Balaban J connectivity index is 1.40. The fourth-order valence-electron chi connectivity index (χ4n) is 3.25. The molecule has 31 heavy (non-hydrogen) atoms. The van der Waals surface area contributed by atoms with Crippen LogP contribution in [0.1, 0.15) is 23.3 Å². The highest BCUT2D eigenvalue weighted by Gasteiger charge is 2.19. The Hall–Kier alpha value is -3.17. The minimum Gasteiger partial charge on any atom is -0.461 e. The van der Waals surface area contributed by atoms with Gasteiger partial charge in [-0.1, -0.05) is 36.9 Å². The molecule has 0 atom stereocenters. The number of thiophene rings is 1. The van der Waals surface area contributed by atoms with Crippen molar-refractivity contribution in [2.75, 3.05) is 0 Å². The molecule has 0 bridgehead atoms. The van der Waals surface area contributed by atoms with Gasteiger partial charge in [-0.15, -0.1) is 31.7 Å². The summed E-state index contributed by atoms with van der Waals surface area (Å²) in [5.41, 5.74) is 2.21. The van der Waals surface area contributed by atoms with E-state index in [1.807, 2.05) is 47.0 Å². The van der Waals surface area contributed by atoms with Gasteiger partial charge in [0.15, 0.2) is 10.9 Å². The average Bonchev–Trinajstić information content (AvgIpc) is 3.58. The first kappa shape index (κ1) is 19.8. The van der Waals surface area contributed by atoms with Crippen LogP contribution in [0, 0.1) is 6.92 Å². The predicted octanol–water partition coefficient (Wildman–Crippen LogP) is 5.80. The quantitative estimate of drug-likeness (QED) is 0.290. The molecule has 0 spiro atoms. The van der Waals surface area contributed by atoms with Gasteiger partial charge in [-0.25, -0.2) is 0 Å². The Bertz CT molecular complexity index is 1290. The van der Waals surface area contributed by atoms with Crippen LogP contribution in [0.25, 0.3) is 28.0 Å². The third-order valence-electron chi connectivity index (χ3n) is 4.73. The largest absolute Gasteiger partial charge is 0.461 e. The second-order valence-corrected chi connectivity index (χ2v) is 8.89. The second-order valence-electron chi connectivity index (χ2n) is 6.81. The molecule has 156 valence electrons. The zero-order valence-electron chi connectivity index (χ0n) is 17.0. The van der Waals surface area contributed by atoms with E-state index >= 15 is 0 Å². The first-order valence-corrected chi connectivity index (χ1v) is 11.6. The van der Waals surface area contributed by atoms with Crippen molar-refractivity contribution in [2.45, 2.75) is 31.2 Å². The standard InChI is InChI=1S/C22H19N5O2S2/c1-3-17-14(2)12-18(31-17)21-25-23-19(29-21)13-30-22-26-24-20(16-10-7-11-28-16)27(22)15-8-5-4-6-9-15/h4-12H,3,13H2,1-2H3. The predicted molar refractivity (Wildman–Crippen MR) is 120 cm³/mol. The van der Waals surface area contributed by atoms with Gasteiger partial charge in [0.1, 0.15) is 0 Å². The van der Waals surface area contributed by atoms with Gasteiger partial charge in [-0.05, 0) is 49.2 Å². The molecule has 4 aromatic heterocycles. The second kappa shape index (κ2) is 8.52. The van der Waals surface area contributed by atoms with Crippen LogP contribution < -0.4 is 0 Å². The lowest BCUT2D eigenvalue weighted by Crippen LogP contribution is -1.99. The van der Waals surface area contributed by atoms with E-state index in [9.17, 15) is 0 Å². The van der Waals surface area contributed by atoms with E-state index in [-0.39, 0.29) is 0 Å². The third-order valence-corrected chi connectivity index (χ3v) is 7.02. The number of para-hydroxylation sites is 1. The average molecular weight is 450 g/mol. The van der Waals surface area contributed by atoms with Gasteiger partial charge in [-0.3, -0.25) is 4.57 Å². The lowest BCUT2D eigenvalue weighted by Gasteiger charge is -2.08. The van der Waals surface area contributed by atoms with Crippen LogP contribution in [0.2, 0.25) is 0 Å². The van der Waals surface area contributed by atoms with Crippen molar-refractivity contribution in [1.29, 1.82) is 0 Å². The summed E-state index contributed by atoms with van der Waals surface area (Å²) in [6, 6.07) is 15.8. The zero-order chi connectivity index (χ0) is 21.2. The van der Waals surface area contributed by atoms with Crippen LogP contribution in [-0.2, 0) is 12.2 Å². The lowest BCUT2D eigenvalue weighted by atomic mass is 10.2. The van der Waals surface area contributed by atoms with Crippen molar-refractivity contribution in [2.24, 2.45) is 0 Å². The highest BCUT2D eigenvalue weighted by atomic mass is 32.2. The van der Waals surface area contributed by atoms with E-state index in [4.69, 9.17) is 8.83 Å². The fraction of sp³-hybridized carbons (Fsp3) is 0.182. The number of aromatic nitrogens is 5. The first-order chi connectivity index (χ1) is 15.2. The molecule has 0 radical (unpaired) electrons. The SMILES string of the molecule is CCc1sc(-c2nnc(CSc3nnc(-c4ccco4)n3-c3ccccc3)o2)cc1C. The van der Waals surface area contributed by atoms with Crippen LogP contribution in [0.15, 0.2) is 68.8 Å². The van der Waals surface area contributed by atoms with Gasteiger partial charge in [0.25, 0.3) is 5.89 Å². The smallest absolute Gasteiger partial charge is 0.257 e. The summed E-state index contributed by atoms with van der Waals surface area (Å²) in [5, 5.41) is 17.9. The third kappa shape index (κ3) is 3.94. The first-order valence-electron chi connectivity index (χ1n) is 9.82. The molecule has 0 saturated heterocycles. The monoisotopic (exact) mass is 449 g/mol. The molecule has 0 unspecified atom stereocenters. The molecule has 9 heteroatoms. The van der Waals surface area contributed by atoms with Gasteiger partial charge >= 0.3 is 0 Å². The number of aryl methyl sites for hydroxylation is 2. The fourth-order valence-corrected chi connectivity index (χ4v) is 5.08. The summed E-state index contributed by atoms with van der Waals surface area (Å²) < 4.78 is 13.4. The van der Waals surface area contributed by atoms with E-state index in [2.05, 4.69) is 40.3 Å². The molecule has 5 rings (SSSR count). The minimum absolute atomic E-state index is 0.487. The molecule has 0 amide bonds. The number of benzene rings is 1. The normalized spacial score (nSPS) is 11.3. The van der Waals surface area contributed by atoms with Gasteiger partial charge in [0.05, 0.1) is 16.9 Å². The summed E-state index contributed by atoms with van der Waals surface area (Å²) in [4.78, 5) is 2.34. The Morgan fingerprint density at radius 1 is 1.03 bits per heavy atom. The maximum Gasteiger partial charge on any atom is 0.257 e. The van der Waals surface area contributed by atoms with Crippen molar-refractivity contribution in [3.63, 3.8) is 0 Å². The Kier molecular flexibility index (Phi) is 5.44. The van der Waals surface area contributed by atoms with Crippen LogP contribution in [-0.4, -0.2) is 25.0 Å². The molecule has 0 fully saturated rings. The van der Waals surface area contributed by atoms with Crippen molar-refractivity contribution >= 4 is 23.1 Å². The Morgan fingerprint density at radius 2 is 1.90 bits per heavy atom. The number of rotatable bonds is 7. The molecular formula is C22H19N5O2S2. The van der Waals surface area contributed by atoms with Gasteiger partial charge in [0, 0.05) is 10.6 Å². The number of hydrogen-bond acceptors (Lipinski definition) is 8. The highest BCUT2D eigenvalue weighted by Crippen LogP contribution is 2.33. The molecule has 0 aliphatic carbocycles. The summed E-state index contributed by atoms with van der Waals surface area (Å²) in [5.74, 6) is 2.89. The van der Waals surface area contributed by atoms with Crippen LogP contribution in [0.5, 0.6) is 0 Å². The summed E-state index contributed by atoms with van der Waals surface area (Å²) in [6.07, 6.45) is 2.63. The summed E-state index contributed by atoms with van der Waals surface area (Å²) >= 11 is 3.19. The topological polar surface area (TPSA) is 82.8 Å². The number of nitrogens with zero attached hydrogens (tertiary/aromatic N) is 5. The van der Waals surface area contributed by atoms with E-state index in [1.165, 1.54) is 22.2 Å². The maximum absolute atomic E-state index is 5.92. The van der Waals surface area contributed by atoms with Crippen LogP contribution >= 0.6 is 23.1 Å². The summed E-state index contributed by atoms with van der Waals surface area (Å²) in [7, 11) is 0. The molecular weight excluding hydrogens is 430 g/mol. The van der Waals surface area contributed by atoms with Gasteiger partial charge in [-0.2, -0.15) is 0 Å². The van der Waals surface area contributed by atoms with Crippen molar-refractivity contribution in [3.8, 4) is 28.0 Å². The van der Waals surface area contributed by atoms with E-state index in [0.717, 1.165) is 22.1 Å². The molecule has 0 saturated carbocycles. The Labute approximate surface area is 187 Å².